The van der Waals surface area contributed by atoms with Crippen molar-refractivity contribution < 1.29 is 4.29 Å². The molecule has 3 rings (SSSR count). The van der Waals surface area contributed by atoms with E-state index in [1.807, 2.05) is 24.3 Å². The molecular weight excluding hydrogens is 254 g/mol. The fourth-order valence-corrected chi connectivity index (χ4v) is 3.12. The van der Waals surface area contributed by atoms with Gasteiger partial charge in [0.15, 0.2) is 5.76 Å². The lowest BCUT2D eigenvalue weighted by Crippen LogP contribution is -1.94. The number of hydrogen-bond acceptors (Lipinski definition) is 3. The quantitative estimate of drug-likeness (QED) is 0.794. The van der Waals surface area contributed by atoms with Gasteiger partial charge in [-0.2, -0.15) is 0 Å². The third-order valence-electron chi connectivity index (χ3n) is 2.76. The number of fused-ring (bicyclic) bond motifs is 1. The second kappa shape index (κ2) is 4.51. The van der Waals surface area contributed by atoms with Crippen LogP contribution >= 0.6 is 23.2 Å². The zero-order valence-electron chi connectivity index (χ0n) is 9.02. The second-order valence-electron chi connectivity index (χ2n) is 3.85. The highest BCUT2D eigenvalue weighted by Gasteiger charge is 2.16. The summed E-state index contributed by atoms with van der Waals surface area (Å²) in [6.45, 7) is 0. The van der Waals surface area contributed by atoms with Crippen LogP contribution in [0, 0.1) is 0 Å². The first-order chi connectivity index (χ1) is 8.38. The average Bonchev–Trinajstić information content (AvgIpc) is 2.82. The van der Waals surface area contributed by atoms with Crippen LogP contribution < -0.4 is 0 Å². The SMILES string of the molecule is ClOC1=C(c2nc3ccccc3s2)CCC=C1. The molecule has 0 spiro atoms. The maximum atomic E-state index is 5.49. The van der Waals surface area contributed by atoms with E-state index in [9.17, 15) is 0 Å². The maximum absolute atomic E-state index is 5.49. The van der Waals surface area contributed by atoms with Gasteiger partial charge in [-0.05, 0) is 31.1 Å². The van der Waals surface area contributed by atoms with E-state index >= 15 is 0 Å². The predicted octanol–water partition coefficient (Wildman–Crippen LogP) is 4.53. The summed E-state index contributed by atoms with van der Waals surface area (Å²) >= 11 is 7.17. The van der Waals surface area contributed by atoms with Crippen molar-refractivity contribution in [2.75, 3.05) is 0 Å². The monoisotopic (exact) mass is 263 g/mol. The number of hydrogen-bond donors (Lipinski definition) is 0. The maximum Gasteiger partial charge on any atom is 0.152 e. The van der Waals surface area contributed by atoms with Crippen LogP contribution in [-0.2, 0) is 4.29 Å². The molecule has 1 heterocycles. The predicted molar refractivity (Wildman–Crippen MR) is 71.9 cm³/mol. The van der Waals surface area contributed by atoms with Crippen molar-refractivity contribution in [3.8, 4) is 0 Å². The lowest BCUT2D eigenvalue weighted by molar-refractivity contribution is 0.493. The summed E-state index contributed by atoms with van der Waals surface area (Å²) in [5, 5.41) is 1.01. The first kappa shape index (κ1) is 10.8. The summed E-state index contributed by atoms with van der Waals surface area (Å²) in [5.74, 6) is 0.719. The number of rotatable bonds is 2. The van der Waals surface area contributed by atoms with Gasteiger partial charge in [-0.15, -0.1) is 11.3 Å². The molecule has 0 atom stereocenters. The van der Waals surface area contributed by atoms with Gasteiger partial charge in [0.1, 0.15) is 16.9 Å². The summed E-state index contributed by atoms with van der Waals surface area (Å²) in [4.78, 5) is 4.62. The van der Waals surface area contributed by atoms with E-state index in [4.69, 9.17) is 16.2 Å². The minimum absolute atomic E-state index is 0.719. The zero-order chi connectivity index (χ0) is 11.7. The molecule has 0 saturated carbocycles. The average molecular weight is 264 g/mol. The molecule has 1 aliphatic rings. The van der Waals surface area contributed by atoms with E-state index in [2.05, 4.69) is 17.1 Å². The molecule has 0 fully saturated rings. The van der Waals surface area contributed by atoms with Crippen LogP contribution in [0.15, 0.2) is 42.2 Å². The normalized spacial score (nSPS) is 15.6. The summed E-state index contributed by atoms with van der Waals surface area (Å²) in [6, 6.07) is 8.13. The number of nitrogens with zero attached hydrogens (tertiary/aromatic N) is 1. The van der Waals surface area contributed by atoms with Gasteiger partial charge in [0.05, 0.1) is 10.2 Å². The third-order valence-corrected chi connectivity index (χ3v) is 4.03. The molecule has 1 aromatic heterocycles. The van der Waals surface area contributed by atoms with Crippen molar-refractivity contribution in [2.24, 2.45) is 0 Å². The van der Waals surface area contributed by atoms with Gasteiger partial charge >= 0.3 is 0 Å². The number of benzene rings is 1. The van der Waals surface area contributed by atoms with Crippen LogP contribution in [0.2, 0.25) is 0 Å². The Balaban J connectivity index is 2.14. The summed E-state index contributed by atoms with van der Waals surface area (Å²) in [5.41, 5.74) is 2.13. The zero-order valence-corrected chi connectivity index (χ0v) is 10.6. The minimum Gasteiger partial charge on any atom is -0.385 e. The van der Waals surface area contributed by atoms with Crippen LogP contribution in [0.5, 0.6) is 0 Å². The summed E-state index contributed by atoms with van der Waals surface area (Å²) < 4.78 is 6.08. The van der Waals surface area contributed by atoms with Crippen molar-refractivity contribution in [1.29, 1.82) is 0 Å². The van der Waals surface area contributed by atoms with E-state index in [0.717, 1.165) is 34.7 Å². The number of para-hydroxylation sites is 1. The molecule has 2 aromatic rings. The first-order valence-corrected chi connectivity index (χ1v) is 6.55. The van der Waals surface area contributed by atoms with Crippen LogP contribution in [0.4, 0.5) is 0 Å². The van der Waals surface area contributed by atoms with Gasteiger partial charge in [-0.1, -0.05) is 18.2 Å². The Morgan fingerprint density at radius 3 is 3.00 bits per heavy atom. The fourth-order valence-electron chi connectivity index (χ4n) is 1.93. The van der Waals surface area contributed by atoms with E-state index in [1.165, 1.54) is 4.70 Å². The van der Waals surface area contributed by atoms with Crippen LogP contribution in [0.3, 0.4) is 0 Å². The number of thiazole rings is 1. The molecule has 0 saturated heterocycles. The topological polar surface area (TPSA) is 22.1 Å². The largest absolute Gasteiger partial charge is 0.385 e. The van der Waals surface area contributed by atoms with Crippen LogP contribution in [-0.4, -0.2) is 4.98 Å². The van der Waals surface area contributed by atoms with Crippen molar-refractivity contribution in [1.82, 2.24) is 4.98 Å². The highest BCUT2D eigenvalue weighted by Crippen LogP contribution is 2.34. The van der Waals surface area contributed by atoms with Gasteiger partial charge in [0, 0.05) is 5.57 Å². The van der Waals surface area contributed by atoms with Gasteiger partial charge in [0.25, 0.3) is 0 Å². The number of allylic oxidation sites excluding steroid dienone is 3. The van der Waals surface area contributed by atoms with Crippen molar-refractivity contribution in [2.45, 2.75) is 12.8 Å². The Kier molecular flexibility index (Phi) is 2.87. The van der Waals surface area contributed by atoms with Crippen molar-refractivity contribution in [3.05, 3.63) is 47.2 Å². The molecule has 0 N–H and O–H groups in total. The molecule has 1 aliphatic carbocycles. The lowest BCUT2D eigenvalue weighted by Gasteiger charge is -2.10. The Labute approximate surface area is 108 Å². The van der Waals surface area contributed by atoms with E-state index in [1.54, 1.807) is 11.3 Å². The summed E-state index contributed by atoms with van der Waals surface area (Å²) in [6.07, 6.45) is 5.92. The molecule has 1 aromatic carbocycles. The van der Waals surface area contributed by atoms with Gasteiger partial charge < -0.3 is 4.29 Å². The molecule has 17 heavy (non-hydrogen) atoms. The Bertz CT molecular complexity index is 582. The molecule has 86 valence electrons. The molecule has 0 bridgehead atoms. The fraction of sp³-hybridized carbons (Fsp3) is 0.154. The Hall–Kier alpha value is -1.32. The standard InChI is InChI=1S/C13H10ClNOS/c14-16-11-7-3-1-5-9(11)13-15-10-6-2-4-8-12(10)17-13/h2-4,6-8H,1,5H2. The van der Waals surface area contributed by atoms with Crippen molar-refractivity contribution in [3.63, 3.8) is 0 Å². The van der Waals surface area contributed by atoms with E-state index < -0.39 is 0 Å². The molecule has 0 amide bonds. The number of halogens is 1. The highest BCUT2D eigenvalue weighted by molar-refractivity contribution is 7.19. The third kappa shape index (κ3) is 1.96. The molecule has 0 unspecified atom stereocenters. The van der Waals surface area contributed by atoms with E-state index in [-0.39, 0.29) is 0 Å². The molecule has 4 heteroatoms. The molecule has 2 nitrogen and oxygen atoms in total. The second-order valence-corrected chi connectivity index (χ2v) is 5.03. The van der Waals surface area contributed by atoms with Gasteiger partial charge in [-0.25, -0.2) is 4.98 Å². The Morgan fingerprint density at radius 2 is 2.18 bits per heavy atom. The first-order valence-electron chi connectivity index (χ1n) is 5.43. The van der Waals surface area contributed by atoms with Crippen molar-refractivity contribution >= 4 is 39.0 Å². The Morgan fingerprint density at radius 1 is 1.29 bits per heavy atom. The van der Waals surface area contributed by atoms with Crippen LogP contribution in [0.1, 0.15) is 17.8 Å². The lowest BCUT2D eigenvalue weighted by atomic mass is 10.0. The van der Waals surface area contributed by atoms with Gasteiger partial charge in [-0.3, -0.25) is 0 Å². The smallest absolute Gasteiger partial charge is 0.152 e. The molecule has 0 radical (unpaired) electrons. The van der Waals surface area contributed by atoms with E-state index in [0.29, 0.717) is 0 Å². The minimum atomic E-state index is 0.719. The highest BCUT2D eigenvalue weighted by atomic mass is 35.5. The number of aromatic nitrogens is 1. The van der Waals surface area contributed by atoms with Gasteiger partial charge in [0.2, 0.25) is 0 Å². The van der Waals surface area contributed by atoms with Crippen LogP contribution in [0.25, 0.3) is 15.8 Å². The molecule has 0 aliphatic heterocycles. The summed E-state index contributed by atoms with van der Waals surface area (Å²) in [7, 11) is 0. The molecular formula is C13H10ClNOS.